The molecule has 1 atom stereocenters. The van der Waals surface area contributed by atoms with E-state index in [4.69, 9.17) is 9.15 Å². The second-order valence-corrected chi connectivity index (χ2v) is 7.07. The van der Waals surface area contributed by atoms with Gasteiger partial charge in [0, 0.05) is 38.1 Å². The Morgan fingerprint density at radius 3 is 2.72 bits per heavy atom. The average Bonchev–Trinajstić information content (AvgIpc) is 3.41. The fourth-order valence-corrected chi connectivity index (χ4v) is 3.44. The van der Waals surface area contributed by atoms with Crippen molar-refractivity contribution in [1.29, 1.82) is 0 Å². The third-order valence-electron chi connectivity index (χ3n) is 5.30. The molecule has 0 bridgehead atoms. The Hall–Kier alpha value is -1.92. The maximum Gasteiger partial charge on any atom is 0.230 e. The van der Waals surface area contributed by atoms with Crippen molar-refractivity contribution in [2.75, 3.05) is 33.3 Å². The molecule has 1 aromatic carbocycles. The van der Waals surface area contributed by atoms with Crippen LogP contribution in [-0.2, 0) is 6.54 Å². The van der Waals surface area contributed by atoms with Gasteiger partial charge in [-0.25, -0.2) is 0 Å². The van der Waals surface area contributed by atoms with Crippen molar-refractivity contribution >= 4 is 0 Å². The van der Waals surface area contributed by atoms with E-state index in [0.29, 0.717) is 12.0 Å². The number of methoxy groups -OCH3 is 1. The van der Waals surface area contributed by atoms with Gasteiger partial charge in [-0.3, -0.25) is 9.80 Å². The number of hydrogen-bond acceptors (Lipinski definition) is 6. The molecule has 0 N–H and O–H groups in total. The number of benzene rings is 1. The summed E-state index contributed by atoms with van der Waals surface area (Å²) in [6.07, 6.45) is 2.39. The lowest BCUT2D eigenvalue weighted by molar-refractivity contribution is 0.0917. The standard InChI is InChI=1S/C19H26N4O2/c1-14(16-4-3-5-17(12-16)24-2)23-10-8-22(9-11-23)13-18-20-21-19(25-18)15-6-7-15/h3-5,12,14-15H,6-11,13H2,1-2H3/t14-/m0/s1. The van der Waals surface area contributed by atoms with Gasteiger partial charge in [0.1, 0.15) is 5.75 Å². The number of rotatable bonds is 6. The highest BCUT2D eigenvalue weighted by Crippen LogP contribution is 2.39. The predicted molar refractivity (Wildman–Crippen MR) is 94.5 cm³/mol. The van der Waals surface area contributed by atoms with Crippen LogP contribution in [0.15, 0.2) is 28.7 Å². The molecule has 6 nitrogen and oxygen atoms in total. The molecule has 1 aliphatic heterocycles. The fraction of sp³-hybridized carbons (Fsp3) is 0.579. The van der Waals surface area contributed by atoms with Crippen LogP contribution in [0.5, 0.6) is 5.75 Å². The van der Waals surface area contributed by atoms with Crippen LogP contribution in [0.1, 0.15) is 49.1 Å². The van der Waals surface area contributed by atoms with E-state index in [0.717, 1.165) is 50.3 Å². The van der Waals surface area contributed by atoms with Crippen LogP contribution in [0.2, 0.25) is 0 Å². The largest absolute Gasteiger partial charge is 0.497 e. The van der Waals surface area contributed by atoms with Gasteiger partial charge in [-0.15, -0.1) is 10.2 Å². The number of aromatic nitrogens is 2. The number of nitrogens with zero attached hydrogens (tertiary/aromatic N) is 4. The molecule has 1 saturated carbocycles. The van der Waals surface area contributed by atoms with Gasteiger partial charge in [-0.05, 0) is 37.5 Å². The summed E-state index contributed by atoms with van der Waals surface area (Å²) in [5.41, 5.74) is 1.30. The van der Waals surface area contributed by atoms with Gasteiger partial charge in [-0.1, -0.05) is 12.1 Å². The monoisotopic (exact) mass is 342 g/mol. The van der Waals surface area contributed by atoms with Gasteiger partial charge in [0.2, 0.25) is 11.8 Å². The number of ether oxygens (including phenoxy) is 1. The summed E-state index contributed by atoms with van der Waals surface area (Å²) < 4.78 is 11.1. The first-order valence-electron chi connectivity index (χ1n) is 9.15. The molecule has 0 spiro atoms. The molecular formula is C19H26N4O2. The van der Waals surface area contributed by atoms with Crippen molar-refractivity contribution in [1.82, 2.24) is 20.0 Å². The highest BCUT2D eigenvalue weighted by atomic mass is 16.5. The molecule has 0 amide bonds. The molecule has 1 aliphatic carbocycles. The highest BCUT2D eigenvalue weighted by molar-refractivity contribution is 5.30. The van der Waals surface area contributed by atoms with Crippen LogP contribution in [0, 0.1) is 0 Å². The summed E-state index contributed by atoms with van der Waals surface area (Å²) >= 11 is 0. The molecule has 0 radical (unpaired) electrons. The summed E-state index contributed by atoms with van der Waals surface area (Å²) in [4.78, 5) is 4.92. The highest BCUT2D eigenvalue weighted by Gasteiger charge is 2.30. The lowest BCUT2D eigenvalue weighted by Crippen LogP contribution is -2.46. The maximum atomic E-state index is 5.79. The van der Waals surface area contributed by atoms with E-state index in [1.807, 2.05) is 6.07 Å². The van der Waals surface area contributed by atoms with E-state index in [1.54, 1.807) is 7.11 Å². The Morgan fingerprint density at radius 2 is 2.00 bits per heavy atom. The van der Waals surface area contributed by atoms with Gasteiger partial charge in [-0.2, -0.15) is 0 Å². The van der Waals surface area contributed by atoms with Gasteiger partial charge in [0.05, 0.1) is 13.7 Å². The molecular weight excluding hydrogens is 316 g/mol. The maximum absolute atomic E-state index is 5.79. The minimum Gasteiger partial charge on any atom is -0.497 e. The molecule has 2 aliphatic rings. The van der Waals surface area contributed by atoms with E-state index in [1.165, 1.54) is 18.4 Å². The second kappa shape index (κ2) is 7.14. The van der Waals surface area contributed by atoms with Gasteiger partial charge in [0.15, 0.2) is 0 Å². The van der Waals surface area contributed by atoms with E-state index < -0.39 is 0 Å². The zero-order valence-electron chi connectivity index (χ0n) is 15.0. The Bertz CT molecular complexity index is 705. The fourth-order valence-electron chi connectivity index (χ4n) is 3.44. The molecule has 25 heavy (non-hydrogen) atoms. The van der Waals surface area contributed by atoms with Crippen LogP contribution in [0.25, 0.3) is 0 Å². The third-order valence-corrected chi connectivity index (χ3v) is 5.30. The molecule has 1 aromatic heterocycles. The van der Waals surface area contributed by atoms with E-state index in [9.17, 15) is 0 Å². The molecule has 2 aromatic rings. The number of piperazine rings is 1. The first-order valence-corrected chi connectivity index (χ1v) is 9.15. The predicted octanol–water partition coefficient (Wildman–Crippen LogP) is 2.83. The lowest BCUT2D eigenvalue weighted by Gasteiger charge is -2.37. The molecule has 4 rings (SSSR count). The normalized spacial score (nSPS) is 20.6. The summed E-state index contributed by atoms with van der Waals surface area (Å²) in [6, 6.07) is 8.76. The van der Waals surface area contributed by atoms with E-state index in [-0.39, 0.29) is 0 Å². The Balaban J connectivity index is 1.31. The Labute approximate surface area is 148 Å². The van der Waals surface area contributed by atoms with Gasteiger partial charge >= 0.3 is 0 Å². The number of hydrogen-bond donors (Lipinski definition) is 0. The first-order chi connectivity index (χ1) is 12.2. The van der Waals surface area contributed by atoms with Crippen molar-refractivity contribution in [3.63, 3.8) is 0 Å². The van der Waals surface area contributed by atoms with Crippen molar-refractivity contribution in [2.45, 2.75) is 38.3 Å². The molecule has 0 unspecified atom stereocenters. The van der Waals surface area contributed by atoms with E-state index in [2.05, 4.69) is 45.1 Å². The van der Waals surface area contributed by atoms with Gasteiger partial charge < -0.3 is 9.15 Å². The SMILES string of the molecule is COc1cccc([C@H](C)N2CCN(Cc3nnc(C4CC4)o3)CC2)c1. The summed E-state index contributed by atoms with van der Waals surface area (Å²) in [7, 11) is 1.72. The quantitative estimate of drug-likeness (QED) is 0.805. The Morgan fingerprint density at radius 1 is 1.20 bits per heavy atom. The van der Waals surface area contributed by atoms with Crippen LogP contribution in [-0.4, -0.2) is 53.3 Å². The zero-order chi connectivity index (χ0) is 17.2. The van der Waals surface area contributed by atoms with Crippen molar-refractivity contribution in [2.24, 2.45) is 0 Å². The molecule has 2 heterocycles. The van der Waals surface area contributed by atoms with Crippen LogP contribution >= 0.6 is 0 Å². The van der Waals surface area contributed by atoms with Crippen molar-refractivity contribution < 1.29 is 9.15 Å². The molecule has 2 fully saturated rings. The molecule has 1 saturated heterocycles. The summed E-state index contributed by atoms with van der Waals surface area (Å²) in [5, 5.41) is 8.38. The van der Waals surface area contributed by atoms with Crippen molar-refractivity contribution in [3.8, 4) is 5.75 Å². The van der Waals surface area contributed by atoms with E-state index >= 15 is 0 Å². The smallest absolute Gasteiger partial charge is 0.230 e. The second-order valence-electron chi connectivity index (χ2n) is 7.07. The minimum atomic E-state index is 0.391. The molecule has 134 valence electrons. The molecule has 6 heteroatoms. The summed E-state index contributed by atoms with van der Waals surface area (Å²) in [5.74, 6) is 3.05. The zero-order valence-corrected chi connectivity index (χ0v) is 15.0. The average molecular weight is 342 g/mol. The van der Waals surface area contributed by atoms with Gasteiger partial charge in [0.25, 0.3) is 0 Å². The topological polar surface area (TPSA) is 54.6 Å². The van der Waals surface area contributed by atoms with Crippen LogP contribution in [0.3, 0.4) is 0 Å². The lowest BCUT2D eigenvalue weighted by atomic mass is 10.1. The minimum absolute atomic E-state index is 0.391. The van der Waals surface area contributed by atoms with Crippen LogP contribution in [0.4, 0.5) is 0 Å². The summed E-state index contributed by atoms with van der Waals surface area (Å²) in [6.45, 7) is 7.17. The Kier molecular flexibility index (Phi) is 4.72. The first kappa shape index (κ1) is 16.5. The third kappa shape index (κ3) is 3.85. The van der Waals surface area contributed by atoms with Crippen LogP contribution < -0.4 is 4.74 Å². The van der Waals surface area contributed by atoms with Crippen molar-refractivity contribution in [3.05, 3.63) is 41.6 Å².